The zero-order valence-corrected chi connectivity index (χ0v) is 10.6. The third kappa shape index (κ3) is 5.47. The molecule has 0 radical (unpaired) electrons. The number of hydrogen-bond donors (Lipinski definition) is 2. The van der Waals surface area contributed by atoms with Gasteiger partial charge in [0.15, 0.2) is 0 Å². The number of carbonyl (C=O) groups excluding carboxylic acids is 1. The Morgan fingerprint density at radius 3 is 2.81 bits per heavy atom. The number of nitrogens with one attached hydrogen (secondary N) is 2. The van der Waals surface area contributed by atoms with Gasteiger partial charge in [-0.1, -0.05) is 13.8 Å². The quantitative estimate of drug-likeness (QED) is 0.735. The van der Waals surface area contributed by atoms with Crippen LogP contribution in [0.5, 0.6) is 0 Å². The van der Waals surface area contributed by atoms with Crippen LogP contribution in [-0.4, -0.2) is 37.7 Å². The molecule has 0 bridgehead atoms. The van der Waals surface area contributed by atoms with E-state index in [0.717, 1.165) is 19.6 Å². The van der Waals surface area contributed by atoms with Gasteiger partial charge in [0.1, 0.15) is 0 Å². The summed E-state index contributed by atoms with van der Waals surface area (Å²) in [4.78, 5) is 11.7. The van der Waals surface area contributed by atoms with Crippen molar-refractivity contribution in [1.82, 2.24) is 10.6 Å². The molecule has 2 atom stereocenters. The Kier molecular flexibility index (Phi) is 5.77. The minimum absolute atomic E-state index is 0.121. The average Bonchev–Trinajstić information content (AvgIpc) is 2.17. The van der Waals surface area contributed by atoms with Gasteiger partial charge in [0.2, 0.25) is 5.91 Å². The summed E-state index contributed by atoms with van der Waals surface area (Å²) in [6.07, 6.45) is 1.54. The predicted octanol–water partition coefficient (Wildman–Crippen LogP) is 0.916. The molecular formula is C12H24N2O2. The van der Waals surface area contributed by atoms with Crippen molar-refractivity contribution in [3.8, 4) is 0 Å². The summed E-state index contributed by atoms with van der Waals surface area (Å²) in [5.74, 6) is 0.739. The second kappa shape index (κ2) is 6.86. The summed E-state index contributed by atoms with van der Waals surface area (Å²) in [7, 11) is 0. The van der Waals surface area contributed by atoms with E-state index in [0.29, 0.717) is 18.9 Å². The maximum absolute atomic E-state index is 11.7. The highest BCUT2D eigenvalue weighted by molar-refractivity contribution is 5.76. The van der Waals surface area contributed by atoms with Crippen molar-refractivity contribution >= 4 is 5.91 Å². The minimum Gasteiger partial charge on any atom is -0.378 e. The second-order valence-corrected chi connectivity index (χ2v) is 5.03. The van der Waals surface area contributed by atoms with Crippen LogP contribution in [0.1, 0.15) is 33.6 Å². The lowest BCUT2D eigenvalue weighted by molar-refractivity contribution is -0.122. The Balaban J connectivity index is 2.18. The fourth-order valence-electron chi connectivity index (χ4n) is 2.07. The van der Waals surface area contributed by atoms with E-state index in [-0.39, 0.29) is 18.0 Å². The monoisotopic (exact) mass is 228 g/mol. The summed E-state index contributed by atoms with van der Waals surface area (Å²) < 4.78 is 5.31. The smallest absolute Gasteiger partial charge is 0.221 e. The number of hydrogen-bond acceptors (Lipinski definition) is 3. The molecule has 4 nitrogen and oxygen atoms in total. The Hall–Kier alpha value is -0.610. The zero-order valence-electron chi connectivity index (χ0n) is 10.6. The van der Waals surface area contributed by atoms with Gasteiger partial charge >= 0.3 is 0 Å². The van der Waals surface area contributed by atoms with E-state index < -0.39 is 0 Å². The fraction of sp³-hybridized carbons (Fsp3) is 0.917. The highest BCUT2D eigenvalue weighted by Crippen LogP contribution is 2.05. The van der Waals surface area contributed by atoms with Crippen LogP contribution in [0, 0.1) is 5.92 Å². The van der Waals surface area contributed by atoms with E-state index >= 15 is 0 Å². The Morgan fingerprint density at radius 2 is 2.25 bits per heavy atom. The first-order valence-electron chi connectivity index (χ1n) is 6.18. The number of ether oxygens (including phenoxy) is 1. The van der Waals surface area contributed by atoms with Crippen molar-refractivity contribution < 1.29 is 9.53 Å². The van der Waals surface area contributed by atoms with Gasteiger partial charge in [-0.3, -0.25) is 4.79 Å². The van der Waals surface area contributed by atoms with Gasteiger partial charge in [0, 0.05) is 25.0 Å². The lowest BCUT2D eigenvalue weighted by atomic mass is 10.0. The van der Waals surface area contributed by atoms with E-state index in [1.807, 2.05) is 0 Å². The highest BCUT2D eigenvalue weighted by Gasteiger charge is 2.17. The van der Waals surface area contributed by atoms with E-state index in [1.54, 1.807) is 0 Å². The molecule has 0 aromatic heterocycles. The fourth-order valence-corrected chi connectivity index (χ4v) is 2.07. The molecule has 1 aliphatic heterocycles. The van der Waals surface area contributed by atoms with Gasteiger partial charge in [-0.2, -0.15) is 0 Å². The standard InChI is InChI=1S/C12H24N2O2/c1-9(2)6-10(3)14-12(15)7-11-8-16-5-4-13-11/h9-11,13H,4-8H2,1-3H3,(H,14,15). The molecule has 0 aromatic rings. The van der Waals surface area contributed by atoms with Crippen molar-refractivity contribution in [1.29, 1.82) is 0 Å². The molecule has 1 amide bonds. The van der Waals surface area contributed by atoms with E-state index in [1.165, 1.54) is 0 Å². The van der Waals surface area contributed by atoms with Crippen LogP contribution in [-0.2, 0) is 9.53 Å². The van der Waals surface area contributed by atoms with Gasteiger partial charge in [-0.15, -0.1) is 0 Å². The summed E-state index contributed by atoms with van der Waals surface area (Å²) in [6.45, 7) is 8.63. The van der Waals surface area contributed by atoms with Gasteiger partial charge in [0.25, 0.3) is 0 Å². The number of rotatable bonds is 5. The van der Waals surface area contributed by atoms with Gasteiger partial charge in [-0.05, 0) is 19.3 Å². The Bertz CT molecular complexity index is 213. The minimum atomic E-state index is 0.121. The highest BCUT2D eigenvalue weighted by atomic mass is 16.5. The largest absolute Gasteiger partial charge is 0.378 e. The first kappa shape index (κ1) is 13.5. The van der Waals surface area contributed by atoms with Crippen LogP contribution in [0.25, 0.3) is 0 Å². The normalized spacial score (nSPS) is 23.1. The number of carbonyl (C=O) groups is 1. The molecule has 0 spiro atoms. The lowest BCUT2D eigenvalue weighted by Crippen LogP contribution is -2.45. The first-order chi connectivity index (χ1) is 7.58. The van der Waals surface area contributed by atoms with E-state index in [2.05, 4.69) is 31.4 Å². The summed E-state index contributed by atoms with van der Waals surface area (Å²) in [6, 6.07) is 0.442. The SMILES string of the molecule is CC(C)CC(C)NC(=O)CC1COCCN1. The molecule has 1 saturated heterocycles. The summed E-state index contributed by atoms with van der Waals surface area (Å²) in [5, 5.41) is 6.30. The third-order valence-corrected chi connectivity index (χ3v) is 2.66. The number of amides is 1. The van der Waals surface area contributed by atoms with Crippen molar-refractivity contribution in [3.05, 3.63) is 0 Å². The summed E-state index contributed by atoms with van der Waals surface area (Å²) >= 11 is 0. The molecule has 1 aliphatic rings. The molecule has 2 unspecified atom stereocenters. The molecule has 2 N–H and O–H groups in total. The maximum Gasteiger partial charge on any atom is 0.221 e. The predicted molar refractivity (Wildman–Crippen MR) is 64.3 cm³/mol. The van der Waals surface area contributed by atoms with Crippen LogP contribution in [0.4, 0.5) is 0 Å². The van der Waals surface area contributed by atoms with Crippen molar-refractivity contribution in [2.45, 2.75) is 45.7 Å². The van der Waals surface area contributed by atoms with Crippen LogP contribution < -0.4 is 10.6 Å². The second-order valence-electron chi connectivity index (χ2n) is 5.03. The molecular weight excluding hydrogens is 204 g/mol. The molecule has 94 valence electrons. The van der Waals surface area contributed by atoms with Gasteiger partial charge in [0.05, 0.1) is 13.2 Å². The van der Waals surface area contributed by atoms with Crippen LogP contribution >= 0.6 is 0 Å². The Labute approximate surface area is 98.1 Å². The molecule has 0 aromatic carbocycles. The van der Waals surface area contributed by atoms with Crippen molar-refractivity contribution in [2.75, 3.05) is 19.8 Å². The molecule has 4 heteroatoms. The van der Waals surface area contributed by atoms with Gasteiger partial charge < -0.3 is 15.4 Å². The molecule has 0 saturated carbocycles. The average molecular weight is 228 g/mol. The molecule has 0 aliphatic carbocycles. The summed E-state index contributed by atoms with van der Waals surface area (Å²) in [5.41, 5.74) is 0. The topological polar surface area (TPSA) is 50.4 Å². The van der Waals surface area contributed by atoms with Gasteiger partial charge in [-0.25, -0.2) is 0 Å². The Morgan fingerprint density at radius 1 is 1.50 bits per heavy atom. The molecule has 1 fully saturated rings. The van der Waals surface area contributed by atoms with Crippen LogP contribution in [0.3, 0.4) is 0 Å². The zero-order chi connectivity index (χ0) is 12.0. The number of morpholine rings is 1. The maximum atomic E-state index is 11.7. The lowest BCUT2D eigenvalue weighted by Gasteiger charge is -2.24. The van der Waals surface area contributed by atoms with E-state index in [4.69, 9.17) is 4.74 Å². The van der Waals surface area contributed by atoms with Crippen molar-refractivity contribution in [3.63, 3.8) is 0 Å². The third-order valence-electron chi connectivity index (χ3n) is 2.66. The molecule has 16 heavy (non-hydrogen) atoms. The van der Waals surface area contributed by atoms with Crippen LogP contribution in [0.15, 0.2) is 0 Å². The first-order valence-corrected chi connectivity index (χ1v) is 6.18. The van der Waals surface area contributed by atoms with Crippen LogP contribution in [0.2, 0.25) is 0 Å². The van der Waals surface area contributed by atoms with E-state index in [9.17, 15) is 4.79 Å². The molecule has 1 heterocycles. The van der Waals surface area contributed by atoms with Crippen molar-refractivity contribution in [2.24, 2.45) is 5.92 Å². The molecule has 1 rings (SSSR count).